The molecule has 0 radical (unpaired) electrons. The molecule has 2 rings (SSSR count). The molecule has 0 saturated heterocycles. The lowest BCUT2D eigenvalue weighted by molar-refractivity contribution is 0.0785. The minimum atomic E-state index is -0.446. The lowest BCUT2D eigenvalue weighted by Gasteiger charge is -2.17. The maximum atomic E-state index is 13.4. The zero-order chi connectivity index (χ0) is 14.0. The Hall–Kier alpha value is -0.910. The molecule has 0 N–H and O–H groups in total. The highest BCUT2D eigenvalue weighted by Gasteiger charge is 2.17. The highest BCUT2D eigenvalue weighted by Crippen LogP contribution is 2.25. The van der Waals surface area contributed by atoms with Crippen LogP contribution in [-0.4, -0.2) is 17.9 Å². The van der Waals surface area contributed by atoms with Crippen LogP contribution < -0.4 is 0 Å². The van der Waals surface area contributed by atoms with Gasteiger partial charge in [0.2, 0.25) is 0 Å². The minimum absolute atomic E-state index is 0.191. The van der Waals surface area contributed by atoms with Crippen molar-refractivity contribution in [1.82, 2.24) is 4.90 Å². The van der Waals surface area contributed by atoms with E-state index in [9.17, 15) is 9.18 Å². The molecule has 2 nitrogen and oxygen atoms in total. The van der Waals surface area contributed by atoms with Crippen LogP contribution in [0.4, 0.5) is 4.39 Å². The molecule has 0 fully saturated rings. The van der Waals surface area contributed by atoms with Crippen LogP contribution in [0.1, 0.15) is 15.2 Å². The number of hydrogen-bond donors (Lipinski definition) is 0. The second kappa shape index (κ2) is 6.03. The first-order valence-electron chi connectivity index (χ1n) is 5.42. The van der Waals surface area contributed by atoms with E-state index in [4.69, 9.17) is 11.6 Å². The second-order valence-corrected chi connectivity index (χ2v) is 6.56. The summed E-state index contributed by atoms with van der Waals surface area (Å²) in [6.07, 6.45) is 0. The van der Waals surface area contributed by atoms with E-state index in [0.29, 0.717) is 16.4 Å². The van der Waals surface area contributed by atoms with Crippen molar-refractivity contribution in [2.45, 2.75) is 6.54 Å². The molecule has 1 aromatic carbocycles. The third kappa shape index (κ3) is 3.35. The summed E-state index contributed by atoms with van der Waals surface area (Å²) < 4.78 is 14.3. The highest BCUT2D eigenvalue weighted by molar-refractivity contribution is 9.10. The Labute approximate surface area is 127 Å². The van der Waals surface area contributed by atoms with Gasteiger partial charge in [-0.3, -0.25) is 4.79 Å². The van der Waals surface area contributed by atoms with Gasteiger partial charge in [0, 0.05) is 11.9 Å². The van der Waals surface area contributed by atoms with Crippen LogP contribution in [0.15, 0.2) is 34.8 Å². The van der Waals surface area contributed by atoms with Crippen molar-refractivity contribution in [2.75, 3.05) is 7.05 Å². The molecule has 100 valence electrons. The van der Waals surface area contributed by atoms with Gasteiger partial charge in [-0.2, -0.15) is 0 Å². The van der Waals surface area contributed by atoms with E-state index in [0.717, 1.165) is 4.88 Å². The smallest absolute Gasteiger partial charge is 0.255 e. The van der Waals surface area contributed by atoms with Gasteiger partial charge in [-0.15, -0.1) is 11.3 Å². The lowest BCUT2D eigenvalue weighted by Crippen LogP contribution is -2.26. The Bertz CT molecular complexity index is 616. The summed E-state index contributed by atoms with van der Waals surface area (Å²) in [6, 6.07) is 8.08. The first-order chi connectivity index (χ1) is 8.99. The van der Waals surface area contributed by atoms with Crippen molar-refractivity contribution in [1.29, 1.82) is 0 Å². The molecule has 1 aromatic heterocycles. The van der Waals surface area contributed by atoms with E-state index in [1.54, 1.807) is 19.2 Å². The van der Waals surface area contributed by atoms with E-state index >= 15 is 0 Å². The van der Waals surface area contributed by atoms with E-state index in [2.05, 4.69) is 15.9 Å². The van der Waals surface area contributed by atoms with Crippen molar-refractivity contribution >= 4 is 44.8 Å². The predicted octanol–water partition coefficient (Wildman–Crippen LogP) is 4.58. The molecule has 6 heteroatoms. The summed E-state index contributed by atoms with van der Waals surface area (Å²) in [5.74, 6) is -0.686. The monoisotopic (exact) mass is 361 g/mol. The third-order valence-corrected chi connectivity index (χ3v) is 4.57. The minimum Gasteiger partial charge on any atom is -0.337 e. The lowest BCUT2D eigenvalue weighted by atomic mass is 10.2. The average Bonchev–Trinajstić information content (AvgIpc) is 2.77. The Morgan fingerprint density at radius 2 is 2.16 bits per heavy atom. The summed E-state index contributed by atoms with van der Waals surface area (Å²) in [6.45, 7) is 0.444. The number of thiophene rings is 1. The fraction of sp³-hybridized carbons (Fsp3) is 0.154. The molecular formula is C13H10BrClFNOS. The number of hydrogen-bond acceptors (Lipinski definition) is 2. The van der Waals surface area contributed by atoms with E-state index in [-0.39, 0.29) is 10.4 Å². The van der Waals surface area contributed by atoms with Crippen LogP contribution in [0.25, 0.3) is 0 Å². The fourth-order valence-electron chi connectivity index (χ4n) is 1.62. The molecule has 0 atom stereocenters. The number of nitrogens with zero attached hydrogens (tertiary/aromatic N) is 1. The van der Waals surface area contributed by atoms with Crippen LogP contribution in [0.5, 0.6) is 0 Å². The molecule has 0 unspecified atom stereocenters. The molecule has 1 amide bonds. The van der Waals surface area contributed by atoms with Gasteiger partial charge >= 0.3 is 0 Å². The zero-order valence-corrected chi connectivity index (χ0v) is 13.1. The number of halogens is 3. The molecule has 0 aliphatic carbocycles. The predicted molar refractivity (Wildman–Crippen MR) is 79.2 cm³/mol. The summed E-state index contributed by atoms with van der Waals surface area (Å²) in [5, 5.41) is 0. The van der Waals surface area contributed by atoms with Gasteiger partial charge in [0.1, 0.15) is 5.82 Å². The van der Waals surface area contributed by atoms with Gasteiger partial charge in [-0.05, 0) is 40.2 Å². The van der Waals surface area contributed by atoms with E-state index in [1.165, 1.54) is 28.4 Å². The zero-order valence-electron chi connectivity index (χ0n) is 9.99. The van der Waals surface area contributed by atoms with E-state index in [1.807, 2.05) is 6.07 Å². The Balaban J connectivity index is 2.17. The highest BCUT2D eigenvalue weighted by atomic mass is 79.9. The second-order valence-electron chi connectivity index (χ2n) is 3.97. The van der Waals surface area contributed by atoms with E-state index < -0.39 is 5.82 Å². The van der Waals surface area contributed by atoms with Gasteiger partial charge < -0.3 is 4.90 Å². The topological polar surface area (TPSA) is 20.3 Å². The van der Waals surface area contributed by atoms with Gasteiger partial charge in [0.25, 0.3) is 5.91 Å². The molecule has 1 heterocycles. The van der Waals surface area contributed by atoms with Crippen LogP contribution in [0.3, 0.4) is 0 Å². The number of benzene rings is 1. The van der Waals surface area contributed by atoms with Crippen LogP contribution in [-0.2, 0) is 6.54 Å². The van der Waals surface area contributed by atoms with Crippen LogP contribution in [0.2, 0.25) is 4.34 Å². The molecular weight excluding hydrogens is 353 g/mol. The molecule has 0 spiro atoms. The molecule has 2 aromatic rings. The summed E-state index contributed by atoms with van der Waals surface area (Å²) in [4.78, 5) is 14.7. The van der Waals surface area contributed by atoms with Crippen LogP contribution in [0, 0.1) is 5.82 Å². The normalized spacial score (nSPS) is 10.5. The van der Waals surface area contributed by atoms with Gasteiger partial charge in [-0.1, -0.05) is 17.7 Å². The van der Waals surface area contributed by atoms with Gasteiger partial charge in [0.05, 0.1) is 20.9 Å². The van der Waals surface area contributed by atoms with Gasteiger partial charge in [-0.25, -0.2) is 4.39 Å². The Morgan fingerprint density at radius 1 is 1.42 bits per heavy atom. The number of carbonyl (C=O) groups is 1. The SMILES string of the molecule is CN(Cc1ccc(Cl)s1)C(=O)c1cccc(F)c1Br. The summed E-state index contributed by atoms with van der Waals surface area (Å²) in [5.41, 5.74) is 0.310. The Kier molecular flexibility index (Phi) is 4.60. The quantitative estimate of drug-likeness (QED) is 0.783. The first-order valence-corrected chi connectivity index (χ1v) is 7.41. The molecule has 0 bridgehead atoms. The van der Waals surface area contributed by atoms with Crippen molar-refractivity contribution < 1.29 is 9.18 Å². The standard InChI is InChI=1S/C13H10BrClFNOS/c1-17(7-8-5-6-11(15)19-8)13(18)9-3-2-4-10(16)12(9)14/h2-6H,7H2,1H3. The number of carbonyl (C=O) groups excluding carboxylic acids is 1. The van der Waals surface area contributed by atoms with Crippen molar-refractivity contribution in [3.8, 4) is 0 Å². The summed E-state index contributed by atoms with van der Waals surface area (Å²) in [7, 11) is 1.67. The van der Waals surface area contributed by atoms with Crippen molar-refractivity contribution in [3.63, 3.8) is 0 Å². The van der Waals surface area contributed by atoms with Crippen LogP contribution >= 0.6 is 38.9 Å². The van der Waals surface area contributed by atoms with Gasteiger partial charge in [0.15, 0.2) is 0 Å². The number of rotatable bonds is 3. The van der Waals surface area contributed by atoms with Crippen molar-refractivity contribution in [2.24, 2.45) is 0 Å². The third-order valence-electron chi connectivity index (χ3n) is 2.55. The Morgan fingerprint density at radius 3 is 2.79 bits per heavy atom. The summed E-state index contributed by atoms with van der Waals surface area (Å²) >= 11 is 10.4. The van der Waals surface area contributed by atoms with Crippen molar-refractivity contribution in [3.05, 3.63) is 55.4 Å². The number of amides is 1. The average molecular weight is 363 g/mol. The molecule has 19 heavy (non-hydrogen) atoms. The maximum Gasteiger partial charge on any atom is 0.255 e. The first kappa shape index (κ1) is 14.5. The molecule has 0 aliphatic heterocycles. The maximum absolute atomic E-state index is 13.4. The molecule has 0 aliphatic rings. The largest absolute Gasteiger partial charge is 0.337 e. The molecule has 0 saturated carbocycles. The fourth-order valence-corrected chi connectivity index (χ4v) is 3.19.